The number of benzene rings is 2. The second-order valence-electron chi connectivity index (χ2n) is 19.0. The van der Waals surface area contributed by atoms with Crippen molar-refractivity contribution in [2.45, 2.75) is 115 Å². The van der Waals surface area contributed by atoms with Gasteiger partial charge in [-0.3, -0.25) is 19.4 Å². The van der Waals surface area contributed by atoms with Crippen molar-refractivity contribution >= 4 is 46.2 Å². The Bertz CT molecular complexity index is 2390. The quantitative estimate of drug-likeness (QED) is 0.174. The number of anilines is 1. The summed E-state index contributed by atoms with van der Waals surface area (Å²) in [4.78, 5) is 69.9. The first-order chi connectivity index (χ1) is 29.7. The maximum absolute atomic E-state index is 17.6. The molecule has 2 heterocycles. The summed E-state index contributed by atoms with van der Waals surface area (Å²) in [6.07, 6.45) is 4.84. The number of aromatic nitrogens is 1. The minimum absolute atomic E-state index is 0.0736. The zero-order valence-corrected chi connectivity index (χ0v) is 36.3. The number of carbonyl (C=O) groups excluding carboxylic acids is 5. The number of hydrogen-bond acceptors (Lipinski definition) is 12. The van der Waals surface area contributed by atoms with Gasteiger partial charge in [0.25, 0.3) is 0 Å². The van der Waals surface area contributed by atoms with Crippen LogP contribution in [0.3, 0.4) is 0 Å². The number of pyridine rings is 1. The minimum atomic E-state index is -2.09. The number of carbonyl (C=O) groups is 5. The van der Waals surface area contributed by atoms with Gasteiger partial charge in [0.1, 0.15) is 12.2 Å². The monoisotopic (exact) mass is 867 g/mol. The Morgan fingerprint density at radius 1 is 1.00 bits per heavy atom. The third kappa shape index (κ3) is 8.15. The van der Waals surface area contributed by atoms with Crippen LogP contribution in [-0.2, 0) is 44.7 Å². The molecule has 3 aromatic rings. The predicted molar refractivity (Wildman–Crippen MR) is 227 cm³/mol. The number of ketones is 2. The lowest BCUT2D eigenvalue weighted by atomic mass is 9.48. The fourth-order valence-corrected chi connectivity index (χ4v) is 10.8. The van der Waals surface area contributed by atoms with Gasteiger partial charge in [-0.05, 0) is 120 Å². The van der Waals surface area contributed by atoms with E-state index in [1.807, 2.05) is 18.2 Å². The van der Waals surface area contributed by atoms with E-state index >= 15 is 4.39 Å². The van der Waals surface area contributed by atoms with Crippen LogP contribution in [0.1, 0.15) is 84.3 Å². The third-order valence-corrected chi connectivity index (χ3v) is 13.5. The van der Waals surface area contributed by atoms with Gasteiger partial charge >= 0.3 is 12.2 Å². The van der Waals surface area contributed by atoms with Crippen molar-refractivity contribution in [3.63, 3.8) is 0 Å². The molecule has 63 heavy (non-hydrogen) atoms. The first kappa shape index (κ1) is 44.1. The van der Waals surface area contributed by atoms with Gasteiger partial charge in [-0.25, -0.2) is 14.0 Å². The highest BCUT2D eigenvalue weighted by Gasteiger charge is 2.75. The Kier molecular flexibility index (Phi) is 11.4. The smallest absolute Gasteiger partial charge is 0.444 e. The number of nitrogens with one attached hydrogen (secondary N) is 2. The number of hydrogen-bond donors (Lipinski definition) is 3. The molecule has 4 aliphatic carbocycles. The van der Waals surface area contributed by atoms with Gasteiger partial charge in [-0.2, -0.15) is 0 Å². The highest BCUT2D eigenvalue weighted by atomic mass is 19.1. The Balaban J connectivity index is 0.916. The molecule has 1 aromatic heterocycles. The minimum Gasteiger partial charge on any atom is -0.444 e. The maximum Gasteiger partial charge on any atom is 0.509 e. The summed E-state index contributed by atoms with van der Waals surface area (Å²) in [6, 6.07) is 14.0. The van der Waals surface area contributed by atoms with Crippen LogP contribution < -0.4 is 10.6 Å². The predicted octanol–water partition coefficient (Wildman–Crippen LogP) is 7.19. The van der Waals surface area contributed by atoms with Crippen LogP contribution in [0.5, 0.6) is 0 Å². The van der Waals surface area contributed by atoms with Gasteiger partial charge < -0.3 is 39.4 Å². The summed E-state index contributed by atoms with van der Waals surface area (Å²) in [5.41, 5.74) is -3.29. The summed E-state index contributed by atoms with van der Waals surface area (Å²) in [6.45, 7) is 9.32. The largest absolute Gasteiger partial charge is 0.509 e. The highest BCUT2D eigenvalue weighted by molar-refractivity contribution is 6.01. The van der Waals surface area contributed by atoms with Crippen LogP contribution in [-0.4, -0.2) is 87.8 Å². The first-order valence-electron chi connectivity index (χ1n) is 21.4. The van der Waals surface area contributed by atoms with Crippen LogP contribution >= 0.6 is 0 Å². The number of aliphatic hydroxyl groups is 1. The number of allylic oxidation sites excluding steroid dienone is 4. The van der Waals surface area contributed by atoms with E-state index in [2.05, 4.69) is 15.6 Å². The molecule has 5 aliphatic rings. The zero-order valence-electron chi connectivity index (χ0n) is 36.3. The molecule has 2 aromatic carbocycles. The SMILES string of the molecule is CC(C)(C)OC(=O)NC[C@@H](C(=O)Nc1ccc2cnccc2c1)c1ccc(COC(=O)OCC(=O)[C@@]23OC(C)(C)O[C@@H]2C[C@@H]2C3C[C@H](O)[C@@]3(F)[C@H]2CCC2=CC(=O)C=C[C@@]23C)cc1. The number of fused-ring (bicyclic) bond motifs is 8. The van der Waals surface area contributed by atoms with Crippen LogP contribution in [0.15, 0.2) is 84.7 Å². The van der Waals surface area contributed by atoms with E-state index in [9.17, 15) is 29.1 Å². The van der Waals surface area contributed by atoms with Crippen molar-refractivity contribution in [3.8, 4) is 0 Å². The topological polar surface area (TPSA) is 189 Å². The number of Topliss-reactive ketones (excluding diaryl/α,β-unsaturated/α-hetero) is 1. The average Bonchev–Trinajstić information content (AvgIpc) is 3.67. The van der Waals surface area contributed by atoms with Gasteiger partial charge in [0.15, 0.2) is 29.4 Å². The van der Waals surface area contributed by atoms with E-state index in [-0.39, 0.29) is 31.3 Å². The van der Waals surface area contributed by atoms with E-state index in [1.54, 1.807) is 90.3 Å². The number of nitrogens with zero attached hydrogens (tertiary/aromatic N) is 1. The first-order valence-corrected chi connectivity index (χ1v) is 21.4. The van der Waals surface area contributed by atoms with Gasteiger partial charge in [0, 0.05) is 47.3 Å². The van der Waals surface area contributed by atoms with Crippen molar-refractivity contribution in [2.75, 3.05) is 18.5 Å². The molecule has 0 radical (unpaired) electrons. The molecule has 1 unspecified atom stereocenters. The molecule has 4 fully saturated rings. The summed E-state index contributed by atoms with van der Waals surface area (Å²) >= 11 is 0. The fourth-order valence-electron chi connectivity index (χ4n) is 10.8. The second-order valence-corrected chi connectivity index (χ2v) is 19.0. The van der Waals surface area contributed by atoms with E-state index in [4.69, 9.17) is 23.7 Å². The average molecular weight is 868 g/mol. The number of aliphatic hydroxyl groups excluding tert-OH is 1. The van der Waals surface area contributed by atoms with E-state index in [1.165, 1.54) is 12.2 Å². The number of amides is 2. The number of alkyl halides is 1. The Hall–Kier alpha value is -5.51. The van der Waals surface area contributed by atoms with Gasteiger partial charge in [0.05, 0.1) is 18.1 Å². The Morgan fingerprint density at radius 2 is 1.76 bits per heavy atom. The van der Waals surface area contributed by atoms with Gasteiger partial charge in [-0.1, -0.05) is 42.0 Å². The molecule has 2 amide bonds. The number of rotatable bonds is 10. The maximum atomic E-state index is 17.6. The summed E-state index contributed by atoms with van der Waals surface area (Å²) in [5, 5.41) is 19.1. The molecule has 15 heteroatoms. The summed E-state index contributed by atoms with van der Waals surface area (Å²) in [5.74, 6) is -4.83. The molecule has 334 valence electrons. The summed E-state index contributed by atoms with van der Waals surface area (Å²) in [7, 11) is 0. The molecule has 3 saturated carbocycles. The van der Waals surface area contributed by atoms with Crippen molar-refractivity contribution < 1.29 is 57.2 Å². The molecule has 1 saturated heterocycles. The summed E-state index contributed by atoms with van der Waals surface area (Å²) < 4.78 is 46.5. The van der Waals surface area contributed by atoms with E-state index < -0.39 is 88.6 Å². The van der Waals surface area contributed by atoms with Crippen LogP contribution in [0.25, 0.3) is 10.8 Å². The fraction of sp³-hybridized carbons (Fsp3) is 0.500. The number of alkyl carbamates (subject to hydrolysis) is 1. The molecule has 0 bridgehead atoms. The zero-order chi connectivity index (χ0) is 45.1. The van der Waals surface area contributed by atoms with Crippen molar-refractivity contribution in [1.29, 1.82) is 0 Å². The standard InChI is InChI=1S/C48H54FN3O11/c1-44(2,3)62-42(57)51-24-35(41(56)52-32-13-11-30-23-50-18-16-29(30)19-32)28-9-7-27(8-10-28)25-59-43(58)60-26-39(55)47-37-22-38(54)48(49)36(34(37)21-40(47)61-45(4,5)63-47)14-12-31-20-33(53)15-17-46(31,48)6/h7-11,13,15-20,23,34-38,40,54H,12,14,21-22,24-26H2,1-6H3,(H,51,57)(H,52,56)/t34-,35+,36-,37?,38-,40+,46-,47+,48-/m0/s1. The van der Waals surface area contributed by atoms with Crippen LogP contribution in [0.2, 0.25) is 0 Å². The van der Waals surface area contributed by atoms with E-state index in [0.717, 1.165) is 10.8 Å². The molecule has 3 N–H and O–H groups in total. The van der Waals surface area contributed by atoms with Gasteiger partial charge in [0.2, 0.25) is 11.7 Å². The highest BCUT2D eigenvalue weighted by Crippen LogP contribution is 2.68. The van der Waals surface area contributed by atoms with Crippen LogP contribution in [0, 0.1) is 23.2 Å². The Labute approximate surface area is 364 Å². The number of ether oxygens (including phenoxy) is 5. The molecular formula is C48H54FN3O11. The van der Waals surface area contributed by atoms with Gasteiger partial charge in [-0.15, -0.1) is 0 Å². The lowest BCUT2D eigenvalue weighted by Crippen LogP contribution is -2.66. The van der Waals surface area contributed by atoms with Crippen molar-refractivity contribution in [2.24, 2.45) is 23.2 Å². The molecule has 1 aliphatic heterocycles. The van der Waals surface area contributed by atoms with Crippen LogP contribution in [0.4, 0.5) is 19.7 Å². The lowest BCUT2D eigenvalue weighted by Gasteiger charge is -2.59. The normalized spacial score (nSPS) is 30.8. The third-order valence-electron chi connectivity index (χ3n) is 13.5. The lowest BCUT2D eigenvalue weighted by molar-refractivity contribution is -0.221. The number of halogens is 1. The molecule has 8 rings (SSSR count). The Morgan fingerprint density at radius 3 is 2.51 bits per heavy atom. The second kappa shape index (κ2) is 16.2. The molecule has 14 nitrogen and oxygen atoms in total. The molecule has 9 atom stereocenters. The molecule has 0 spiro atoms. The van der Waals surface area contributed by atoms with Crippen molar-refractivity contribution in [1.82, 2.24) is 10.3 Å². The van der Waals surface area contributed by atoms with E-state index in [0.29, 0.717) is 41.6 Å². The van der Waals surface area contributed by atoms with Crippen molar-refractivity contribution in [3.05, 3.63) is 95.9 Å². The molecular weight excluding hydrogens is 814 g/mol.